The zero-order chi connectivity index (χ0) is 14.8. The molecule has 1 heterocycles. The standard InChI is InChI=1S/C17H17N3O/c1-12-3-5-13(6-4-12)10-18-17(21)14-7-8-15-11-20(2)19-16(15)9-14/h3-9,11H,10H2,1-2H3,(H,18,21). The van der Waals surface area contributed by atoms with Gasteiger partial charge in [0.05, 0.1) is 5.52 Å². The molecule has 106 valence electrons. The molecule has 0 unspecified atom stereocenters. The van der Waals surface area contributed by atoms with Crippen molar-refractivity contribution in [2.45, 2.75) is 13.5 Å². The van der Waals surface area contributed by atoms with Crippen LogP contribution in [0.15, 0.2) is 48.7 Å². The number of fused-ring (bicyclic) bond motifs is 1. The number of aryl methyl sites for hydroxylation is 2. The molecule has 1 N–H and O–H groups in total. The smallest absolute Gasteiger partial charge is 0.251 e. The molecule has 0 spiro atoms. The number of carbonyl (C=O) groups is 1. The highest BCUT2D eigenvalue weighted by Gasteiger charge is 2.07. The Bertz CT molecular complexity index is 787. The maximum atomic E-state index is 12.2. The first kappa shape index (κ1) is 13.4. The van der Waals surface area contributed by atoms with Crippen LogP contribution in [0.2, 0.25) is 0 Å². The fourth-order valence-electron chi connectivity index (χ4n) is 2.27. The van der Waals surface area contributed by atoms with Gasteiger partial charge < -0.3 is 5.32 Å². The molecule has 0 atom stereocenters. The van der Waals surface area contributed by atoms with Gasteiger partial charge in [-0.2, -0.15) is 5.10 Å². The normalized spacial score (nSPS) is 10.8. The fourth-order valence-corrected chi connectivity index (χ4v) is 2.27. The van der Waals surface area contributed by atoms with E-state index < -0.39 is 0 Å². The Labute approximate surface area is 123 Å². The number of benzene rings is 2. The second-order valence-electron chi connectivity index (χ2n) is 5.24. The molecule has 0 fully saturated rings. The van der Waals surface area contributed by atoms with Gasteiger partial charge in [0.1, 0.15) is 0 Å². The molecule has 0 saturated heterocycles. The first-order valence-corrected chi connectivity index (χ1v) is 6.89. The molecule has 1 aromatic heterocycles. The molecule has 0 saturated carbocycles. The van der Waals surface area contributed by atoms with Gasteiger partial charge >= 0.3 is 0 Å². The number of rotatable bonds is 3. The van der Waals surface area contributed by atoms with Crippen molar-refractivity contribution in [2.75, 3.05) is 0 Å². The van der Waals surface area contributed by atoms with Gasteiger partial charge in [-0.1, -0.05) is 35.9 Å². The maximum absolute atomic E-state index is 12.2. The van der Waals surface area contributed by atoms with Crippen LogP contribution in [0.5, 0.6) is 0 Å². The van der Waals surface area contributed by atoms with Crippen LogP contribution in [-0.4, -0.2) is 15.7 Å². The monoisotopic (exact) mass is 279 g/mol. The molecule has 21 heavy (non-hydrogen) atoms. The SMILES string of the molecule is Cc1ccc(CNC(=O)c2ccc3cn(C)nc3c2)cc1. The van der Waals surface area contributed by atoms with E-state index in [2.05, 4.69) is 10.4 Å². The minimum absolute atomic E-state index is 0.0804. The average molecular weight is 279 g/mol. The molecule has 0 radical (unpaired) electrons. The first-order valence-electron chi connectivity index (χ1n) is 6.89. The van der Waals surface area contributed by atoms with Gasteiger partial charge in [0.2, 0.25) is 0 Å². The summed E-state index contributed by atoms with van der Waals surface area (Å²) in [5, 5.41) is 8.29. The minimum Gasteiger partial charge on any atom is -0.348 e. The molecular formula is C17H17N3O. The zero-order valence-corrected chi connectivity index (χ0v) is 12.1. The van der Waals surface area contributed by atoms with Crippen molar-refractivity contribution in [3.8, 4) is 0 Å². The van der Waals surface area contributed by atoms with Crippen LogP contribution in [0.3, 0.4) is 0 Å². The average Bonchev–Trinajstić information content (AvgIpc) is 2.85. The molecular weight excluding hydrogens is 262 g/mol. The van der Waals surface area contributed by atoms with Gasteiger partial charge in [0.15, 0.2) is 0 Å². The quantitative estimate of drug-likeness (QED) is 0.801. The molecule has 0 aliphatic carbocycles. The lowest BCUT2D eigenvalue weighted by molar-refractivity contribution is 0.0951. The number of nitrogens with one attached hydrogen (secondary N) is 1. The van der Waals surface area contributed by atoms with Gasteiger partial charge in [-0.3, -0.25) is 9.48 Å². The molecule has 0 bridgehead atoms. The van der Waals surface area contributed by atoms with Crippen LogP contribution >= 0.6 is 0 Å². The molecule has 3 rings (SSSR count). The summed E-state index contributed by atoms with van der Waals surface area (Å²) in [4.78, 5) is 12.2. The van der Waals surface area contributed by atoms with Crippen molar-refractivity contribution >= 4 is 16.8 Å². The molecule has 4 nitrogen and oxygen atoms in total. The fraction of sp³-hybridized carbons (Fsp3) is 0.176. The summed E-state index contributed by atoms with van der Waals surface area (Å²) in [6.45, 7) is 2.57. The summed E-state index contributed by atoms with van der Waals surface area (Å²) in [6.07, 6.45) is 1.93. The van der Waals surface area contributed by atoms with Gasteiger partial charge in [-0.25, -0.2) is 0 Å². The molecule has 3 aromatic rings. The molecule has 0 aliphatic rings. The van der Waals surface area contributed by atoms with E-state index in [9.17, 15) is 4.79 Å². The number of hydrogen-bond donors (Lipinski definition) is 1. The van der Waals surface area contributed by atoms with Crippen molar-refractivity contribution in [3.05, 3.63) is 65.4 Å². The third-order valence-electron chi connectivity index (χ3n) is 3.46. The Kier molecular flexibility index (Phi) is 3.44. The second kappa shape index (κ2) is 5.40. The van der Waals surface area contributed by atoms with Gasteiger partial charge in [-0.15, -0.1) is 0 Å². The highest BCUT2D eigenvalue weighted by atomic mass is 16.1. The van der Waals surface area contributed by atoms with E-state index >= 15 is 0 Å². The van der Waals surface area contributed by atoms with Crippen LogP contribution < -0.4 is 5.32 Å². The number of amides is 1. The van der Waals surface area contributed by atoms with Crippen molar-refractivity contribution < 1.29 is 4.79 Å². The third-order valence-corrected chi connectivity index (χ3v) is 3.46. The number of aromatic nitrogens is 2. The Morgan fingerprint density at radius 1 is 1.19 bits per heavy atom. The summed E-state index contributed by atoms with van der Waals surface area (Å²) in [5.74, 6) is -0.0804. The number of carbonyl (C=O) groups excluding carboxylic acids is 1. The molecule has 0 aliphatic heterocycles. The van der Waals surface area contributed by atoms with E-state index in [0.717, 1.165) is 16.5 Å². The summed E-state index contributed by atoms with van der Waals surface area (Å²) < 4.78 is 1.75. The van der Waals surface area contributed by atoms with E-state index in [4.69, 9.17) is 0 Å². The van der Waals surface area contributed by atoms with E-state index in [1.807, 2.05) is 62.6 Å². The largest absolute Gasteiger partial charge is 0.348 e. The summed E-state index contributed by atoms with van der Waals surface area (Å²) in [7, 11) is 1.87. The van der Waals surface area contributed by atoms with Crippen LogP contribution in [0.1, 0.15) is 21.5 Å². The number of hydrogen-bond acceptors (Lipinski definition) is 2. The van der Waals surface area contributed by atoms with E-state index in [-0.39, 0.29) is 5.91 Å². The maximum Gasteiger partial charge on any atom is 0.251 e. The predicted octanol–water partition coefficient (Wildman–Crippen LogP) is 2.81. The van der Waals surface area contributed by atoms with E-state index in [1.165, 1.54) is 5.56 Å². The lowest BCUT2D eigenvalue weighted by atomic mass is 10.1. The molecule has 2 aromatic carbocycles. The van der Waals surface area contributed by atoms with Crippen LogP contribution in [0.4, 0.5) is 0 Å². The van der Waals surface area contributed by atoms with Crippen LogP contribution in [0.25, 0.3) is 10.9 Å². The Balaban J connectivity index is 1.72. The second-order valence-corrected chi connectivity index (χ2v) is 5.24. The van der Waals surface area contributed by atoms with Gasteiger partial charge in [-0.05, 0) is 24.6 Å². The molecule has 1 amide bonds. The van der Waals surface area contributed by atoms with Gasteiger partial charge in [0.25, 0.3) is 5.91 Å². The van der Waals surface area contributed by atoms with Crippen molar-refractivity contribution in [2.24, 2.45) is 7.05 Å². The Morgan fingerprint density at radius 3 is 2.71 bits per heavy atom. The van der Waals surface area contributed by atoms with E-state index in [1.54, 1.807) is 4.68 Å². The third kappa shape index (κ3) is 2.94. The Morgan fingerprint density at radius 2 is 1.95 bits per heavy atom. The summed E-state index contributed by atoms with van der Waals surface area (Å²) in [5.41, 5.74) is 3.77. The first-order chi connectivity index (χ1) is 10.1. The Hall–Kier alpha value is -2.62. The van der Waals surface area contributed by atoms with Crippen molar-refractivity contribution in [1.82, 2.24) is 15.1 Å². The van der Waals surface area contributed by atoms with Gasteiger partial charge in [0, 0.05) is 30.7 Å². The predicted molar refractivity (Wildman–Crippen MR) is 83.1 cm³/mol. The zero-order valence-electron chi connectivity index (χ0n) is 12.1. The van der Waals surface area contributed by atoms with Crippen LogP contribution in [0, 0.1) is 6.92 Å². The van der Waals surface area contributed by atoms with E-state index in [0.29, 0.717) is 12.1 Å². The topological polar surface area (TPSA) is 46.9 Å². The van der Waals surface area contributed by atoms with Crippen LogP contribution in [-0.2, 0) is 13.6 Å². The number of nitrogens with zero attached hydrogens (tertiary/aromatic N) is 2. The summed E-state index contributed by atoms with van der Waals surface area (Å²) in [6, 6.07) is 13.7. The lowest BCUT2D eigenvalue weighted by Gasteiger charge is -2.06. The minimum atomic E-state index is -0.0804. The molecule has 4 heteroatoms. The highest BCUT2D eigenvalue weighted by molar-refractivity contribution is 5.97. The van der Waals surface area contributed by atoms with Crippen molar-refractivity contribution in [1.29, 1.82) is 0 Å². The lowest BCUT2D eigenvalue weighted by Crippen LogP contribution is -2.22. The summed E-state index contributed by atoms with van der Waals surface area (Å²) >= 11 is 0. The highest BCUT2D eigenvalue weighted by Crippen LogP contribution is 2.14. The van der Waals surface area contributed by atoms with Crippen molar-refractivity contribution in [3.63, 3.8) is 0 Å².